The van der Waals surface area contributed by atoms with Crippen LogP contribution in [0, 0.1) is 5.92 Å². The summed E-state index contributed by atoms with van der Waals surface area (Å²) in [6, 6.07) is 0.877. The van der Waals surface area contributed by atoms with Crippen LogP contribution < -0.4 is 10.6 Å². The Bertz CT molecular complexity index is 404. The number of nitrogens with zero attached hydrogens (tertiary/aromatic N) is 3. The number of likely N-dealkylation sites (tertiary alicyclic amines) is 1. The van der Waals surface area contributed by atoms with Gasteiger partial charge in [0.2, 0.25) is 5.91 Å². The van der Waals surface area contributed by atoms with Crippen molar-refractivity contribution in [3.05, 3.63) is 0 Å². The third-order valence-corrected chi connectivity index (χ3v) is 4.16. The molecule has 1 rings (SSSR count). The molecule has 24 heavy (non-hydrogen) atoms. The van der Waals surface area contributed by atoms with Crippen molar-refractivity contribution in [2.75, 3.05) is 54.0 Å². The van der Waals surface area contributed by atoms with Crippen LogP contribution >= 0.6 is 24.0 Å². The van der Waals surface area contributed by atoms with Gasteiger partial charge in [-0.25, -0.2) is 4.99 Å². The molecule has 142 valence electrons. The summed E-state index contributed by atoms with van der Waals surface area (Å²) in [6.07, 6.45) is 0. The summed E-state index contributed by atoms with van der Waals surface area (Å²) < 4.78 is 5.07. The molecule has 0 saturated carbocycles. The Hall–Kier alpha value is -0.610. The minimum atomic E-state index is -0.0129. The highest BCUT2D eigenvalue weighted by molar-refractivity contribution is 14.0. The van der Waals surface area contributed by atoms with E-state index in [9.17, 15) is 4.79 Å². The average Bonchev–Trinajstić information content (AvgIpc) is 2.85. The lowest BCUT2D eigenvalue weighted by atomic mass is 10.1. The van der Waals surface area contributed by atoms with E-state index in [0.29, 0.717) is 37.1 Å². The predicted octanol–water partition coefficient (Wildman–Crippen LogP) is 0.603. The summed E-state index contributed by atoms with van der Waals surface area (Å²) in [7, 11) is 5.15. The van der Waals surface area contributed by atoms with E-state index in [1.54, 1.807) is 26.1 Å². The lowest BCUT2D eigenvalue weighted by Crippen LogP contribution is -2.48. The van der Waals surface area contributed by atoms with Crippen molar-refractivity contribution in [3.63, 3.8) is 0 Å². The number of hydrogen-bond donors (Lipinski definition) is 2. The second-order valence-corrected chi connectivity index (χ2v) is 6.65. The number of carbonyl (C=O) groups is 1. The summed E-state index contributed by atoms with van der Waals surface area (Å²) in [5.41, 5.74) is 0. The van der Waals surface area contributed by atoms with Crippen LogP contribution in [0.1, 0.15) is 20.8 Å². The van der Waals surface area contributed by atoms with Crippen LogP contribution in [-0.2, 0) is 9.53 Å². The first-order chi connectivity index (χ1) is 10.8. The van der Waals surface area contributed by atoms with E-state index in [-0.39, 0.29) is 36.4 Å². The number of ether oxygens (including phenoxy) is 1. The summed E-state index contributed by atoms with van der Waals surface area (Å²) in [6.45, 7) is 10.2. The van der Waals surface area contributed by atoms with E-state index in [1.165, 1.54) is 0 Å². The molecule has 0 bridgehead atoms. The minimum absolute atomic E-state index is 0. The average molecular weight is 455 g/mol. The van der Waals surface area contributed by atoms with Crippen molar-refractivity contribution in [2.24, 2.45) is 10.9 Å². The fourth-order valence-corrected chi connectivity index (χ4v) is 2.50. The maximum absolute atomic E-state index is 11.8. The Kier molecular flexibility index (Phi) is 11.6. The van der Waals surface area contributed by atoms with Crippen LogP contribution in [-0.4, -0.2) is 87.7 Å². The van der Waals surface area contributed by atoms with Crippen LogP contribution in [0.2, 0.25) is 0 Å². The molecule has 0 aromatic carbocycles. The number of methoxy groups -OCH3 is 1. The van der Waals surface area contributed by atoms with Gasteiger partial charge in [0.05, 0.1) is 6.61 Å². The first-order valence-electron chi connectivity index (χ1n) is 8.33. The second-order valence-electron chi connectivity index (χ2n) is 6.65. The first-order valence-corrected chi connectivity index (χ1v) is 8.33. The molecule has 0 radical (unpaired) electrons. The molecule has 0 aromatic heterocycles. The molecule has 0 aromatic rings. The van der Waals surface area contributed by atoms with Crippen molar-refractivity contribution in [1.82, 2.24) is 20.4 Å². The lowest BCUT2D eigenvalue weighted by Gasteiger charge is -2.22. The number of amides is 1. The monoisotopic (exact) mass is 455 g/mol. The number of rotatable bonds is 7. The molecule has 1 fully saturated rings. The van der Waals surface area contributed by atoms with Crippen molar-refractivity contribution in [3.8, 4) is 0 Å². The third kappa shape index (κ3) is 7.98. The molecule has 1 heterocycles. The van der Waals surface area contributed by atoms with Gasteiger partial charge in [0.1, 0.15) is 6.54 Å². The topological polar surface area (TPSA) is 69.2 Å². The molecule has 0 spiro atoms. The van der Waals surface area contributed by atoms with E-state index in [2.05, 4.69) is 41.3 Å². The summed E-state index contributed by atoms with van der Waals surface area (Å²) >= 11 is 0. The zero-order valence-electron chi connectivity index (χ0n) is 15.8. The summed E-state index contributed by atoms with van der Waals surface area (Å²) in [4.78, 5) is 20.2. The number of aliphatic imine (C=N–C) groups is 1. The van der Waals surface area contributed by atoms with Crippen LogP contribution in [0.5, 0.6) is 0 Å². The first kappa shape index (κ1) is 23.4. The summed E-state index contributed by atoms with van der Waals surface area (Å²) in [5, 5.41) is 6.71. The van der Waals surface area contributed by atoms with Crippen LogP contribution in [0.4, 0.5) is 0 Å². The van der Waals surface area contributed by atoms with Crippen LogP contribution in [0.15, 0.2) is 4.99 Å². The highest BCUT2D eigenvalue weighted by Crippen LogP contribution is 2.18. The van der Waals surface area contributed by atoms with E-state index in [1.807, 2.05) is 0 Å². The Balaban J connectivity index is 0.00000529. The van der Waals surface area contributed by atoms with Crippen LogP contribution in [0.3, 0.4) is 0 Å². The quantitative estimate of drug-likeness (QED) is 0.255. The highest BCUT2D eigenvalue weighted by Gasteiger charge is 2.31. The lowest BCUT2D eigenvalue weighted by molar-refractivity contribution is -0.127. The SMILES string of the molecule is COCCNC(=NCC(=O)N(C)C)NC1CN(C(C)C)CC1C.I. The van der Waals surface area contributed by atoms with Crippen molar-refractivity contribution >= 4 is 35.8 Å². The van der Waals surface area contributed by atoms with Crippen molar-refractivity contribution in [1.29, 1.82) is 0 Å². The molecule has 2 N–H and O–H groups in total. The molecular formula is C16H34IN5O2. The molecule has 1 amide bonds. The van der Waals surface area contributed by atoms with E-state index >= 15 is 0 Å². The highest BCUT2D eigenvalue weighted by atomic mass is 127. The van der Waals surface area contributed by atoms with Gasteiger partial charge >= 0.3 is 0 Å². The number of guanidine groups is 1. The maximum atomic E-state index is 11.8. The van der Waals surface area contributed by atoms with E-state index in [4.69, 9.17) is 4.74 Å². The number of halogens is 1. The van der Waals surface area contributed by atoms with Gasteiger partial charge in [-0.3, -0.25) is 9.69 Å². The van der Waals surface area contributed by atoms with Gasteiger partial charge in [-0.1, -0.05) is 6.92 Å². The van der Waals surface area contributed by atoms with Gasteiger partial charge in [0.15, 0.2) is 5.96 Å². The minimum Gasteiger partial charge on any atom is -0.383 e. The predicted molar refractivity (Wildman–Crippen MR) is 109 cm³/mol. The Morgan fingerprint density at radius 2 is 2.04 bits per heavy atom. The van der Waals surface area contributed by atoms with Gasteiger partial charge < -0.3 is 20.3 Å². The van der Waals surface area contributed by atoms with Crippen LogP contribution in [0.25, 0.3) is 0 Å². The van der Waals surface area contributed by atoms with E-state index < -0.39 is 0 Å². The number of likely N-dealkylation sites (N-methyl/N-ethyl adjacent to an activating group) is 1. The Morgan fingerprint density at radius 3 is 2.54 bits per heavy atom. The Morgan fingerprint density at radius 1 is 1.38 bits per heavy atom. The largest absolute Gasteiger partial charge is 0.383 e. The van der Waals surface area contributed by atoms with Gasteiger partial charge in [-0.05, 0) is 19.8 Å². The second kappa shape index (κ2) is 11.9. The normalized spacial score (nSPS) is 21.5. The number of hydrogen-bond acceptors (Lipinski definition) is 4. The van der Waals surface area contributed by atoms with Gasteiger partial charge in [0.25, 0.3) is 0 Å². The third-order valence-electron chi connectivity index (χ3n) is 4.16. The molecular weight excluding hydrogens is 421 g/mol. The molecule has 7 nitrogen and oxygen atoms in total. The van der Waals surface area contributed by atoms with Crippen molar-refractivity contribution in [2.45, 2.75) is 32.9 Å². The summed E-state index contributed by atoms with van der Waals surface area (Å²) in [5.74, 6) is 1.21. The molecule has 8 heteroatoms. The zero-order valence-corrected chi connectivity index (χ0v) is 18.2. The fraction of sp³-hybridized carbons (Fsp3) is 0.875. The number of nitrogens with one attached hydrogen (secondary N) is 2. The van der Waals surface area contributed by atoms with Gasteiger partial charge in [0, 0.05) is 52.9 Å². The van der Waals surface area contributed by atoms with Gasteiger partial charge in [-0.15, -0.1) is 24.0 Å². The van der Waals surface area contributed by atoms with E-state index in [0.717, 1.165) is 13.1 Å². The molecule has 0 aliphatic carbocycles. The molecule has 2 atom stereocenters. The Labute approximate surface area is 163 Å². The van der Waals surface area contributed by atoms with Crippen molar-refractivity contribution < 1.29 is 9.53 Å². The van der Waals surface area contributed by atoms with Gasteiger partial charge in [-0.2, -0.15) is 0 Å². The number of carbonyl (C=O) groups excluding carboxylic acids is 1. The fourth-order valence-electron chi connectivity index (χ4n) is 2.50. The maximum Gasteiger partial charge on any atom is 0.243 e. The zero-order chi connectivity index (χ0) is 17.4. The molecule has 1 saturated heterocycles. The standard InChI is InChI=1S/C16H33N5O2.HI/c1-12(2)21-10-13(3)14(11-21)19-16(17-7-8-23-6)18-9-15(22)20(4)5;/h12-14H,7-11H2,1-6H3,(H2,17,18,19);1H. The molecule has 2 unspecified atom stereocenters. The molecule has 1 aliphatic rings. The molecule has 1 aliphatic heterocycles. The smallest absolute Gasteiger partial charge is 0.243 e.